The van der Waals surface area contributed by atoms with Crippen molar-refractivity contribution >= 4 is 34.2 Å². The molecule has 248 valence electrons. The maximum absolute atomic E-state index is 14.1. The zero-order valence-corrected chi connectivity index (χ0v) is 27.7. The Morgan fingerprint density at radius 3 is 2.60 bits per heavy atom. The molecule has 0 bridgehead atoms. The summed E-state index contributed by atoms with van der Waals surface area (Å²) in [5.74, 6) is -0.136. The van der Waals surface area contributed by atoms with Crippen LogP contribution >= 0.6 is 11.3 Å². The van der Waals surface area contributed by atoms with E-state index < -0.39 is 5.60 Å². The first-order chi connectivity index (χ1) is 23.2. The molecule has 12 nitrogen and oxygen atoms in total. The number of pyridine rings is 1. The van der Waals surface area contributed by atoms with Gasteiger partial charge in [0.1, 0.15) is 12.0 Å². The number of hydrogen-bond acceptors (Lipinski definition) is 9. The van der Waals surface area contributed by atoms with E-state index >= 15 is 0 Å². The zero-order chi connectivity index (χ0) is 33.4. The lowest BCUT2D eigenvalue weighted by Gasteiger charge is -2.43. The number of aryl methyl sites for hydroxylation is 1. The minimum Gasteiger partial charge on any atom is -0.481 e. The predicted octanol–water partition coefficient (Wildman–Crippen LogP) is 3.56. The molecule has 0 saturated carbocycles. The lowest BCUT2D eigenvalue weighted by molar-refractivity contribution is -0.142. The number of piperidine rings is 2. The van der Waals surface area contributed by atoms with Gasteiger partial charge in [-0.25, -0.2) is 15.0 Å². The number of rotatable bonds is 7. The van der Waals surface area contributed by atoms with Gasteiger partial charge in [0.25, 0.3) is 11.5 Å². The maximum atomic E-state index is 14.1. The van der Waals surface area contributed by atoms with Crippen molar-refractivity contribution in [3.63, 3.8) is 0 Å². The number of ether oxygens (including phenoxy) is 1. The van der Waals surface area contributed by atoms with Gasteiger partial charge >= 0.3 is 0 Å². The van der Waals surface area contributed by atoms with Gasteiger partial charge in [-0.1, -0.05) is 30.3 Å². The smallest absolute Gasteiger partial charge is 0.282 e. The van der Waals surface area contributed by atoms with E-state index in [0.29, 0.717) is 67.4 Å². The normalized spacial score (nSPS) is 19.4. The Labute approximate surface area is 281 Å². The molecule has 0 aliphatic carbocycles. The van der Waals surface area contributed by atoms with Gasteiger partial charge in [0.2, 0.25) is 11.8 Å². The van der Waals surface area contributed by atoms with Gasteiger partial charge in [-0.15, -0.1) is 11.3 Å². The topological polar surface area (TPSA) is 136 Å². The first-order valence-electron chi connectivity index (χ1n) is 16.0. The molecule has 0 unspecified atom stereocenters. The molecule has 2 amide bonds. The minimum absolute atomic E-state index is 0.0331. The van der Waals surface area contributed by atoms with Crippen LogP contribution in [0.4, 0.5) is 0 Å². The Morgan fingerprint density at radius 1 is 1.04 bits per heavy atom. The van der Waals surface area contributed by atoms with Crippen LogP contribution in [0.25, 0.3) is 21.5 Å². The number of nitrogens with zero attached hydrogens (tertiary/aromatic N) is 7. The van der Waals surface area contributed by atoms with Crippen molar-refractivity contribution in [2.45, 2.75) is 37.3 Å². The molecular formula is C35H37N7O5S. The van der Waals surface area contributed by atoms with Crippen molar-refractivity contribution in [1.29, 1.82) is 0 Å². The maximum Gasteiger partial charge on any atom is 0.282 e. The highest BCUT2D eigenvalue weighted by atomic mass is 32.1. The van der Waals surface area contributed by atoms with Crippen LogP contribution in [0, 0.1) is 5.92 Å². The molecule has 6 heterocycles. The van der Waals surface area contributed by atoms with Crippen molar-refractivity contribution in [1.82, 2.24) is 33.9 Å². The highest BCUT2D eigenvalue weighted by molar-refractivity contribution is 7.16. The Bertz CT molecular complexity index is 2010. The molecule has 7 rings (SSSR count). The van der Waals surface area contributed by atoms with E-state index in [-0.39, 0.29) is 35.8 Å². The first-order valence-corrected chi connectivity index (χ1v) is 16.9. The Balaban J connectivity index is 1.04. The highest BCUT2D eigenvalue weighted by Crippen LogP contribution is 2.37. The SMILES string of the molecule is COc1cc(-c2cnc(C(=O)N3CC[C@@H](C(=O)N4CCC(O)(Cn5cnc6c(ccn6C)c5=O)CC4)[C@H](c4ccccc4)C3)s2)ccn1. The second-order valence-corrected chi connectivity index (χ2v) is 13.7. The number of aromatic nitrogens is 5. The summed E-state index contributed by atoms with van der Waals surface area (Å²) in [5, 5.41) is 12.4. The monoisotopic (exact) mass is 667 g/mol. The summed E-state index contributed by atoms with van der Waals surface area (Å²) in [6, 6.07) is 15.3. The van der Waals surface area contributed by atoms with Crippen LogP contribution in [0.1, 0.15) is 40.5 Å². The molecule has 0 radical (unpaired) electrons. The van der Waals surface area contributed by atoms with E-state index in [1.165, 1.54) is 22.2 Å². The van der Waals surface area contributed by atoms with Gasteiger partial charge in [-0.05, 0) is 37.0 Å². The van der Waals surface area contributed by atoms with Crippen LogP contribution < -0.4 is 10.3 Å². The molecular weight excluding hydrogens is 630 g/mol. The van der Waals surface area contributed by atoms with E-state index in [4.69, 9.17) is 4.74 Å². The molecule has 1 N–H and O–H groups in total. The van der Waals surface area contributed by atoms with E-state index in [0.717, 1.165) is 16.0 Å². The van der Waals surface area contributed by atoms with Gasteiger partial charge in [-0.2, -0.15) is 0 Å². The molecule has 4 aromatic heterocycles. The van der Waals surface area contributed by atoms with Crippen LogP contribution in [-0.4, -0.2) is 89.7 Å². The summed E-state index contributed by atoms with van der Waals surface area (Å²) in [4.78, 5) is 58.4. The Hall–Kier alpha value is -4.88. The Kier molecular flexibility index (Phi) is 8.56. The molecule has 0 spiro atoms. The largest absolute Gasteiger partial charge is 0.481 e. The standard InChI is InChI=1S/C35H37N7O5S/c1-39-14-9-26-30(39)38-22-42(33(26)44)21-35(46)11-16-40(17-12-35)32(43)25-10-15-41(20-27(25)23-6-4-3-5-7-23)34(45)31-37-19-28(48-31)24-8-13-36-29(18-24)47-2/h3-9,13-14,18-19,22,25,27,46H,10-12,15-17,20-21H2,1-2H3/t25-,27+/m1/s1. The van der Waals surface area contributed by atoms with Gasteiger partial charge in [0.15, 0.2) is 5.01 Å². The summed E-state index contributed by atoms with van der Waals surface area (Å²) >= 11 is 1.33. The second kappa shape index (κ2) is 13.0. The molecule has 2 atom stereocenters. The molecule has 13 heteroatoms. The zero-order valence-electron chi connectivity index (χ0n) is 26.9. The average Bonchev–Trinajstić information content (AvgIpc) is 3.77. The number of carbonyl (C=O) groups excluding carboxylic acids is 2. The third-order valence-corrected chi connectivity index (χ3v) is 10.7. The third-order valence-electron chi connectivity index (χ3n) is 9.68. The molecule has 1 aromatic carbocycles. The average molecular weight is 668 g/mol. The second-order valence-electron chi connectivity index (χ2n) is 12.7. The summed E-state index contributed by atoms with van der Waals surface area (Å²) < 4.78 is 8.50. The summed E-state index contributed by atoms with van der Waals surface area (Å²) in [6.07, 6.45) is 7.85. The number of benzene rings is 1. The van der Waals surface area contributed by atoms with Crippen molar-refractivity contribution in [3.05, 3.63) is 94.4 Å². The fourth-order valence-electron chi connectivity index (χ4n) is 6.93. The number of carbonyl (C=O) groups is 2. The number of likely N-dealkylation sites (tertiary alicyclic amines) is 2. The van der Waals surface area contributed by atoms with Gasteiger partial charge in [0, 0.05) is 75.3 Å². The number of amides is 2. The van der Waals surface area contributed by atoms with Gasteiger partial charge in [-0.3, -0.25) is 19.0 Å². The van der Waals surface area contributed by atoms with Gasteiger partial charge in [0.05, 0.1) is 29.5 Å². The first kappa shape index (κ1) is 31.7. The molecule has 2 aliphatic rings. The number of fused-ring (bicyclic) bond motifs is 1. The quantitative estimate of drug-likeness (QED) is 0.279. The van der Waals surface area contributed by atoms with Crippen molar-refractivity contribution < 1.29 is 19.4 Å². The fourth-order valence-corrected chi connectivity index (χ4v) is 7.81. The van der Waals surface area contributed by atoms with E-state index in [1.54, 1.807) is 36.3 Å². The van der Waals surface area contributed by atoms with Crippen LogP contribution in [0.2, 0.25) is 0 Å². The van der Waals surface area contributed by atoms with E-state index in [2.05, 4.69) is 15.0 Å². The van der Waals surface area contributed by atoms with Crippen molar-refractivity contribution in [2.24, 2.45) is 13.0 Å². The summed E-state index contributed by atoms with van der Waals surface area (Å²) in [5.41, 5.74) is 1.17. The molecule has 2 aliphatic heterocycles. The minimum atomic E-state index is -1.13. The van der Waals surface area contributed by atoms with Crippen molar-refractivity contribution in [3.8, 4) is 16.3 Å². The molecule has 2 saturated heterocycles. The van der Waals surface area contributed by atoms with Gasteiger partial charge < -0.3 is 24.2 Å². The third kappa shape index (κ3) is 6.11. The number of thiazole rings is 1. The molecule has 2 fully saturated rings. The van der Waals surface area contributed by atoms with Crippen LogP contribution in [-0.2, 0) is 18.4 Å². The van der Waals surface area contributed by atoms with Crippen molar-refractivity contribution in [2.75, 3.05) is 33.3 Å². The summed E-state index contributed by atoms with van der Waals surface area (Å²) in [7, 11) is 3.40. The van der Waals surface area contributed by atoms with E-state index in [1.807, 2.05) is 59.3 Å². The number of hydrogen-bond donors (Lipinski definition) is 1. The predicted molar refractivity (Wildman–Crippen MR) is 181 cm³/mol. The number of methoxy groups -OCH3 is 1. The lowest BCUT2D eigenvalue weighted by atomic mass is 9.79. The molecule has 48 heavy (non-hydrogen) atoms. The van der Waals surface area contributed by atoms with Crippen LogP contribution in [0.15, 0.2) is 78.2 Å². The summed E-state index contributed by atoms with van der Waals surface area (Å²) in [6.45, 7) is 1.71. The van der Waals surface area contributed by atoms with Crippen LogP contribution in [0.5, 0.6) is 5.88 Å². The fraction of sp³-hybridized carbons (Fsp3) is 0.371. The van der Waals surface area contributed by atoms with E-state index in [9.17, 15) is 19.5 Å². The highest BCUT2D eigenvalue weighted by Gasteiger charge is 2.42. The Morgan fingerprint density at radius 2 is 1.83 bits per heavy atom. The number of aliphatic hydroxyl groups is 1. The molecule has 5 aromatic rings. The van der Waals surface area contributed by atoms with Crippen LogP contribution in [0.3, 0.4) is 0 Å². The lowest BCUT2D eigenvalue weighted by Crippen LogP contribution is -2.53.